The molecule has 0 amide bonds. The molecule has 0 aliphatic heterocycles. The third kappa shape index (κ3) is 3.39. The van der Waals surface area contributed by atoms with Crippen molar-refractivity contribution in [1.82, 2.24) is 5.32 Å². The van der Waals surface area contributed by atoms with Gasteiger partial charge in [0.25, 0.3) is 0 Å². The fourth-order valence-corrected chi connectivity index (χ4v) is 1.99. The topological polar surface area (TPSA) is 12.0 Å². The molecule has 2 aromatic rings. The van der Waals surface area contributed by atoms with Crippen molar-refractivity contribution in [1.29, 1.82) is 0 Å². The second-order valence-corrected chi connectivity index (χ2v) is 4.53. The van der Waals surface area contributed by atoms with E-state index < -0.39 is 23.4 Å². The number of alkyl halides is 3. The van der Waals surface area contributed by atoms with Crippen molar-refractivity contribution < 1.29 is 22.0 Å². The minimum Gasteiger partial charge on any atom is -0.316 e. The third-order valence-corrected chi connectivity index (χ3v) is 3.03. The van der Waals surface area contributed by atoms with Crippen LogP contribution in [0.25, 0.3) is 11.1 Å². The molecule has 0 unspecified atom stereocenters. The maximum Gasteiger partial charge on any atom is 0.419 e. The number of hydrogen-bond acceptors (Lipinski definition) is 1. The van der Waals surface area contributed by atoms with Crippen molar-refractivity contribution in [3.05, 3.63) is 59.2 Å². The van der Waals surface area contributed by atoms with E-state index >= 15 is 0 Å². The zero-order chi connectivity index (χ0) is 15.6. The summed E-state index contributed by atoms with van der Waals surface area (Å²) in [7, 11) is 1.67. The van der Waals surface area contributed by atoms with Gasteiger partial charge < -0.3 is 5.32 Å². The average Bonchev–Trinajstić information content (AvgIpc) is 2.39. The van der Waals surface area contributed by atoms with E-state index in [1.165, 1.54) is 18.2 Å². The molecule has 0 heterocycles. The standard InChI is InChI=1S/C15H12F5N/c1-21-8-11-3-2-9(6-13(11)16)10-4-5-12(14(17)7-10)15(18,19)20/h2-7,21H,8H2,1H3. The van der Waals surface area contributed by atoms with Gasteiger partial charge in [-0.1, -0.05) is 18.2 Å². The normalized spacial score (nSPS) is 11.7. The van der Waals surface area contributed by atoms with E-state index in [1.54, 1.807) is 7.05 Å². The first kappa shape index (κ1) is 15.4. The maximum atomic E-state index is 13.8. The van der Waals surface area contributed by atoms with Gasteiger partial charge in [-0.3, -0.25) is 0 Å². The van der Waals surface area contributed by atoms with Crippen molar-refractivity contribution in [2.75, 3.05) is 7.05 Å². The molecule has 112 valence electrons. The van der Waals surface area contributed by atoms with Crippen molar-refractivity contribution in [2.24, 2.45) is 0 Å². The van der Waals surface area contributed by atoms with Gasteiger partial charge in [-0.2, -0.15) is 13.2 Å². The molecule has 0 aliphatic rings. The van der Waals surface area contributed by atoms with E-state index in [0.29, 0.717) is 23.7 Å². The molecule has 1 nitrogen and oxygen atoms in total. The molecular weight excluding hydrogens is 289 g/mol. The first-order valence-corrected chi connectivity index (χ1v) is 6.13. The summed E-state index contributed by atoms with van der Waals surface area (Å²) in [5.41, 5.74) is -0.400. The average molecular weight is 301 g/mol. The molecule has 2 rings (SSSR count). The van der Waals surface area contributed by atoms with Crippen LogP contribution in [0.2, 0.25) is 0 Å². The van der Waals surface area contributed by atoms with Crippen LogP contribution in [-0.4, -0.2) is 7.05 Å². The summed E-state index contributed by atoms with van der Waals surface area (Å²) in [6, 6.07) is 6.76. The molecule has 0 aromatic heterocycles. The second kappa shape index (κ2) is 5.81. The Morgan fingerprint density at radius 2 is 1.48 bits per heavy atom. The van der Waals surface area contributed by atoms with Crippen LogP contribution in [0.4, 0.5) is 22.0 Å². The fourth-order valence-electron chi connectivity index (χ4n) is 1.99. The van der Waals surface area contributed by atoms with Gasteiger partial charge in [-0.25, -0.2) is 8.78 Å². The van der Waals surface area contributed by atoms with Gasteiger partial charge in [0.1, 0.15) is 11.6 Å². The first-order valence-electron chi connectivity index (χ1n) is 6.13. The molecule has 0 bridgehead atoms. The molecule has 0 radical (unpaired) electrons. The molecule has 6 heteroatoms. The molecule has 2 aromatic carbocycles. The van der Waals surface area contributed by atoms with Crippen molar-refractivity contribution in [2.45, 2.75) is 12.7 Å². The monoisotopic (exact) mass is 301 g/mol. The van der Waals surface area contributed by atoms with Crippen LogP contribution < -0.4 is 5.32 Å². The molecule has 0 fully saturated rings. The van der Waals surface area contributed by atoms with E-state index in [-0.39, 0.29) is 5.56 Å². The van der Waals surface area contributed by atoms with E-state index in [2.05, 4.69) is 5.32 Å². The summed E-state index contributed by atoms with van der Waals surface area (Å²) in [6.45, 7) is 0.327. The molecule has 0 spiro atoms. The summed E-state index contributed by atoms with van der Waals surface area (Å²) in [4.78, 5) is 0. The predicted octanol–water partition coefficient (Wildman–Crippen LogP) is 4.37. The number of halogens is 5. The lowest BCUT2D eigenvalue weighted by Crippen LogP contribution is -2.08. The van der Waals surface area contributed by atoms with Crippen LogP contribution in [0.15, 0.2) is 36.4 Å². The second-order valence-electron chi connectivity index (χ2n) is 4.53. The van der Waals surface area contributed by atoms with Crippen LogP contribution in [0, 0.1) is 11.6 Å². The lowest BCUT2D eigenvalue weighted by molar-refractivity contribution is -0.139. The summed E-state index contributed by atoms with van der Waals surface area (Å²) in [5, 5.41) is 2.79. The highest BCUT2D eigenvalue weighted by molar-refractivity contribution is 5.64. The van der Waals surface area contributed by atoms with E-state index in [9.17, 15) is 22.0 Å². The minimum absolute atomic E-state index is 0.190. The van der Waals surface area contributed by atoms with Crippen molar-refractivity contribution in [3.8, 4) is 11.1 Å². The van der Waals surface area contributed by atoms with Crippen molar-refractivity contribution in [3.63, 3.8) is 0 Å². The van der Waals surface area contributed by atoms with Gasteiger partial charge in [-0.05, 0) is 36.4 Å². The van der Waals surface area contributed by atoms with E-state index in [0.717, 1.165) is 12.1 Å². The Bertz CT molecular complexity index is 649. The first-order chi connectivity index (χ1) is 9.82. The van der Waals surface area contributed by atoms with Gasteiger partial charge in [0.15, 0.2) is 0 Å². The third-order valence-electron chi connectivity index (χ3n) is 3.03. The Kier molecular flexibility index (Phi) is 4.27. The lowest BCUT2D eigenvalue weighted by atomic mass is 10.0. The van der Waals surface area contributed by atoms with Crippen LogP contribution >= 0.6 is 0 Å². The number of benzene rings is 2. The largest absolute Gasteiger partial charge is 0.419 e. The van der Waals surface area contributed by atoms with Crippen LogP contribution in [0.3, 0.4) is 0 Å². The lowest BCUT2D eigenvalue weighted by Gasteiger charge is -2.10. The Hall–Kier alpha value is -1.95. The zero-order valence-corrected chi connectivity index (χ0v) is 11.1. The highest BCUT2D eigenvalue weighted by Crippen LogP contribution is 2.33. The van der Waals surface area contributed by atoms with Gasteiger partial charge in [0, 0.05) is 12.1 Å². The SMILES string of the molecule is CNCc1ccc(-c2ccc(C(F)(F)F)c(F)c2)cc1F. The highest BCUT2D eigenvalue weighted by Gasteiger charge is 2.33. The van der Waals surface area contributed by atoms with Gasteiger partial charge in [0.2, 0.25) is 0 Å². The van der Waals surface area contributed by atoms with Crippen LogP contribution in [0.5, 0.6) is 0 Å². The smallest absolute Gasteiger partial charge is 0.316 e. The van der Waals surface area contributed by atoms with E-state index in [1.807, 2.05) is 0 Å². The number of nitrogens with one attached hydrogen (secondary N) is 1. The summed E-state index contributed by atoms with van der Waals surface area (Å²) in [6.07, 6.45) is -4.75. The molecular formula is C15H12F5N. The van der Waals surface area contributed by atoms with Crippen molar-refractivity contribution >= 4 is 0 Å². The van der Waals surface area contributed by atoms with Gasteiger partial charge >= 0.3 is 6.18 Å². The Labute approximate surface area is 118 Å². The van der Waals surface area contributed by atoms with Crippen LogP contribution in [0.1, 0.15) is 11.1 Å². The molecule has 0 saturated carbocycles. The van der Waals surface area contributed by atoms with Gasteiger partial charge in [-0.15, -0.1) is 0 Å². The number of rotatable bonds is 3. The summed E-state index contributed by atoms with van der Waals surface area (Å²) >= 11 is 0. The molecule has 1 N–H and O–H groups in total. The highest BCUT2D eigenvalue weighted by atomic mass is 19.4. The Balaban J connectivity index is 2.39. The predicted molar refractivity (Wildman–Crippen MR) is 69.6 cm³/mol. The summed E-state index contributed by atoms with van der Waals surface area (Å²) < 4.78 is 64.7. The quantitative estimate of drug-likeness (QED) is 0.830. The Morgan fingerprint density at radius 3 is 1.95 bits per heavy atom. The van der Waals surface area contributed by atoms with Crippen LogP contribution in [-0.2, 0) is 12.7 Å². The number of hydrogen-bond donors (Lipinski definition) is 1. The maximum absolute atomic E-state index is 13.8. The molecule has 0 saturated heterocycles. The molecule has 0 aliphatic carbocycles. The fraction of sp³-hybridized carbons (Fsp3) is 0.200. The minimum atomic E-state index is -4.75. The summed E-state index contributed by atoms with van der Waals surface area (Å²) in [5.74, 6) is -1.87. The van der Waals surface area contributed by atoms with Gasteiger partial charge in [0.05, 0.1) is 5.56 Å². The zero-order valence-electron chi connectivity index (χ0n) is 11.1. The molecule has 21 heavy (non-hydrogen) atoms. The van der Waals surface area contributed by atoms with E-state index in [4.69, 9.17) is 0 Å². The molecule has 0 atom stereocenters. The Morgan fingerprint density at radius 1 is 0.905 bits per heavy atom.